The minimum atomic E-state index is -0.0191. The van der Waals surface area contributed by atoms with Crippen LogP contribution >= 0.6 is 11.8 Å². The van der Waals surface area contributed by atoms with Crippen molar-refractivity contribution in [3.05, 3.63) is 12.2 Å². The molecule has 110 valence electrons. The van der Waals surface area contributed by atoms with E-state index in [-0.39, 0.29) is 12.5 Å². The molecule has 0 fully saturated rings. The highest BCUT2D eigenvalue weighted by Gasteiger charge is 2.05. The first kappa shape index (κ1) is 17.8. The van der Waals surface area contributed by atoms with Crippen molar-refractivity contribution in [2.24, 2.45) is 4.99 Å². The van der Waals surface area contributed by atoms with E-state index in [4.69, 9.17) is 0 Å². The van der Waals surface area contributed by atoms with Crippen LogP contribution in [0.4, 0.5) is 0 Å². The molecular formula is C13H26N4OS. The van der Waals surface area contributed by atoms with Gasteiger partial charge in [0.2, 0.25) is 5.91 Å². The van der Waals surface area contributed by atoms with Gasteiger partial charge in [0.05, 0.1) is 0 Å². The molecule has 0 aromatic rings. The van der Waals surface area contributed by atoms with E-state index in [1.165, 1.54) is 4.90 Å². The first-order valence-corrected chi connectivity index (χ1v) is 7.55. The number of hydrogen-bond donors (Lipinski definition) is 2. The molecule has 0 aliphatic rings. The van der Waals surface area contributed by atoms with Gasteiger partial charge in [0.1, 0.15) is 6.54 Å². The molecule has 0 aliphatic carbocycles. The van der Waals surface area contributed by atoms with E-state index in [0.717, 1.165) is 12.1 Å². The van der Waals surface area contributed by atoms with Crippen LogP contribution in [-0.2, 0) is 4.79 Å². The summed E-state index contributed by atoms with van der Waals surface area (Å²) in [7, 11) is 3.45. The lowest BCUT2D eigenvalue weighted by Crippen LogP contribution is -2.41. The molecular weight excluding hydrogens is 260 g/mol. The molecule has 0 rings (SSSR count). The van der Waals surface area contributed by atoms with Gasteiger partial charge in [-0.15, -0.1) is 0 Å². The van der Waals surface area contributed by atoms with Crippen LogP contribution in [-0.4, -0.2) is 62.0 Å². The van der Waals surface area contributed by atoms with Crippen LogP contribution in [0.1, 0.15) is 13.8 Å². The number of carbonyl (C=O) groups excluding carboxylic acids is 1. The lowest BCUT2D eigenvalue weighted by molar-refractivity contribution is -0.127. The van der Waals surface area contributed by atoms with Crippen LogP contribution < -0.4 is 10.6 Å². The van der Waals surface area contributed by atoms with E-state index in [9.17, 15) is 4.79 Å². The van der Waals surface area contributed by atoms with Gasteiger partial charge in [-0.25, -0.2) is 4.99 Å². The molecule has 0 aliphatic heterocycles. The number of carbonyl (C=O) groups is 1. The summed E-state index contributed by atoms with van der Waals surface area (Å²) in [4.78, 5) is 17.3. The number of likely N-dealkylation sites (N-methyl/N-ethyl adjacent to an activating group) is 1. The van der Waals surface area contributed by atoms with Crippen LogP contribution in [0.3, 0.4) is 0 Å². The van der Waals surface area contributed by atoms with Gasteiger partial charge in [-0.3, -0.25) is 4.79 Å². The highest BCUT2D eigenvalue weighted by atomic mass is 32.2. The largest absolute Gasteiger partial charge is 0.355 e. The standard InChI is InChI=1S/C13H26N4OS/c1-10(2)7-14-13(15-8-11(3)19-6)16-9-12(18)17(4)5/h11H,1,7-9H2,2-6H3,(H2,14,15,16). The molecule has 2 N–H and O–H groups in total. The molecule has 5 nitrogen and oxygen atoms in total. The van der Waals surface area contributed by atoms with Gasteiger partial charge in [0.15, 0.2) is 5.96 Å². The Kier molecular flexibility index (Phi) is 9.12. The van der Waals surface area contributed by atoms with E-state index in [0.29, 0.717) is 17.8 Å². The average molecular weight is 286 g/mol. The molecule has 0 heterocycles. The summed E-state index contributed by atoms with van der Waals surface area (Å²) >= 11 is 1.78. The van der Waals surface area contributed by atoms with E-state index in [1.54, 1.807) is 25.9 Å². The number of rotatable bonds is 7. The number of hydrogen-bond acceptors (Lipinski definition) is 3. The SMILES string of the molecule is C=C(C)CNC(=NCC(=O)N(C)C)NCC(C)SC. The predicted octanol–water partition coefficient (Wildman–Crippen LogP) is 0.937. The van der Waals surface area contributed by atoms with Crippen molar-refractivity contribution < 1.29 is 4.79 Å². The maximum Gasteiger partial charge on any atom is 0.243 e. The van der Waals surface area contributed by atoms with Crippen molar-refractivity contribution in [2.45, 2.75) is 19.1 Å². The molecule has 1 amide bonds. The number of nitrogens with one attached hydrogen (secondary N) is 2. The Bertz CT molecular complexity index is 329. The van der Waals surface area contributed by atoms with Crippen molar-refractivity contribution in [2.75, 3.05) is 40.0 Å². The maximum absolute atomic E-state index is 11.5. The topological polar surface area (TPSA) is 56.7 Å². The average Bonchev–Trinajstić information content (AvgIpc) is 2.36. The summed E-state index contributed by atoms with van der Waals surface area (Å²) in [6.07, 6.45) is 2.07. The molecule has 0 spiro atoms. The van der Waals surface area contributed by atoms with E-state index in [2.05, 4.69) is 35.4 Å². The Morgan fingerprint density at radius 1 is 1.42 bits per heavy atom. The van der Waals surface area contributed by atoms with Crippen LogP contribution in [0, 0.1) is 0 Å². The van der Waals surface area contributed by atoms with Crippen molar-refractivity contribution in [3.63, 3.8) is 0 Å². The molecule has 0 aromatic carbocycles. The first-order valence-electron chi connectivity index (χ1n) is 6.26. The summed E-state index contributed by atoms with van der Waals surface area (Å²) in [6.45, 7) is 9.52. The molecule has 1 unspecified atom stereocenters. The van der Waals surface area contributed by atoms with Crippen LogP contribution in [0.2, 0.25) is 0 Å². The molecule has 0 radical (unpaired) electrons. The van der Waals surface area contributed by atoms with E-state index in [1.807, 2.05) is 6.92 Å². The number of aliphatic imine (C=N–C) groups is 1. The lowest BCUT2D eigenvalue weighted by atomic mass is 10.3. The third-order valence-electron chi connectivity index (χ3n) is 2.39. The second-order valence-corrected chi connectivity index (χ2v) is 5.97. The number of amides is 1. The van der Waals surface area contributed by atoms with Crippen molar-refractivity contribution in [1.29, 1.82) is 0 Å². The van der Waals surface area contributed by atoms with Gasteiger partial charge in [-0.05, 0) is 13.2 Å². The summed E-state index contributed by atoms with van der Waals surface area (Å²) in [6, 6.07) is 0. The molecule has 19 heavy (non-hydrogen) atoms. The van der Waals surface area contributed by atoms with E-state index < -0.39 is 0 Å². The predicted molar refractivity (Wildman–Crippen MR) is 84.8 cm³/mol. The lowest BCUT2D eigenvalue weighted by Gasteiger charge is -2.15. The number of guanidine groups is 1. The quantitative estimate of drug-likeness (QED) is 0.415. The van der Waals surface area contributed by atoms with Gasteiger partial charge in [-0.2, -0.15) is 11.8 Å². The Morgan fingerprint density at radius 3 is 2.53 bits per heavy atom. The van der Waals surface area contributed by atoms with Crippen LogP contribution in [0.25, 0.3) is 0 Å². The molecule has 0 bridgehead atoms. The van der Waals surface area contributed by atoms with Crippen LogP contribution in [0.5, 0.6) is 0 Å². The van der Waals surface area contributed by atoms with Gasteiger partial charge in [0, 0.05) is 32.4 Å². The monoisotopic (exact) mass is 286 g/mol. The van der Waals surface area contributed by atoms with Crippen LogP contribution in [0.15, 0.2) is 17.1 Å². The fraction of sp³-hybridized carbons (Fsp3) is 0.692. The normalized spacial score (nSPS) is 12.8. The molecule has 0 aromatic heterocycles. The molecule has 0 saturated heterocycles. The Balaban J connectivity index is 4.42. The zero-order valence-electron chi connectivity index (χ0n) is 12.6. The first-order chi connectivity index (χ1) is 8.86. The third-order valence-corrected chi connectivity index (χ3v) is 3.36. The summed E-state index contributed by atoms with van der Waals surface area (Å²) in [5.41, 5.74) is 1.02. The zero-order valence-corrected chi connectivity index (χ0v) is 13.4. The highest BCUT2D eigenvalue weighted by molar-refractivity contribution is 7.99. The zero-order chi connectivity index (χ0) is 14.8. The molecule has 0 saturated carbocycles. The third kappa shape index (κ3) is 9.41. The number of nitrogens with zero attached hydrogens (tertiary/aromatic N) is 2. The minimum absolute atomic E-state index is 0.0191. The fourth-order valence-electron chi connectivity index (χ4n) is 1.02. The maximum atomic E-state index is 11.5. The number of thioether (sulfide) groups is 1. The highest BCUT2D eigenvalue weighted by Crippen LogP contribution is 2.02. The van der Waals surface area contributed by atoms with Crippen molar-refractivity contribution in [3.8, 4) is 0 Å². The Morgan fingerprint density at radius 2 is 2.05 bits per heavy atom. The molecule has 1 atom stereocenters. The van der Waals surface area contributed by atoms with Gasteiger partial charge >= 0.3 is 0 Å². The van der Waals surface area contributed by atoms with E-state index >= 15 is 0 Å². The second kappa shape index (κ2) is 9.72. The summed E-state index contributed by atoms with van der Waals surface area (Å²) in [5.74, 6) is 0.633. The minimum Gasteiger partial charge on any atom is -0.355 e. The summed E-state index contributed by atoms with van der Waals surface area (Å²) in [5, 5.41) is 6.87. The fourth-order valence-corrected chi connectivity index (χ4v) is 1.27. The Labute approximate surface area is 120 Å². The van der Waals surface area contributed by atoms with Gasteiger partial charge < -0.3 is 15.5 Å². The summed E-state index contributed by atoms with van der Waals surface area (Å²) < 4.78 is 0. The second-order valence-electron chi connectivity index (χ2n) is 4.69. The van der Waals surface area contributed by atoms with Crippen molar-refractivity contribution in [1.82, 2.24) is 15.5 Å². The molecule has 6 heteroatoms. The van der Waals surface area contributed by atoms with Gasteiger partial charge in [0.25, 0.3) is 0 Å². The smallest absolute Gasteiger partial charge is 0.243 e. The van der Waals surface area contributed by atoms with Crippen molar-refractivity contribution >= 4 is 23.6 Å². The van der Waals surface area contributed by atoms with Gasteiger partial charge in [-0.1, -0.05) is 19.1 Å². The Hall–Kier alpha value is -1.17.